The summed E-state index contributed by atoms with van der Waals surface area (Å²) in [5.74, 6) is -0.449. The number of hydrogen-bond acceptors (Lipinski definition) is 3. The first kappa shape index (κ1) is 11.8. The summed E-state index contributed by atoms with van der Waals surface area (Å²) in [5.41, 5.74) is -0.191. The van der Waals surface area contributed by atoms with Gasteiger partial charge in [-0.25, -0.2) is 0 Å². The number of rotatable bonds is 3. The number of hydrogen-bond donors (Lipinski definition) is 0. The third kappa shape index (κ3) is 2.62. The van der Waals surface area contributed by atoms with Crippen LogP contribution in [0.4, 0.5) is 14.5 Å². The van der Waals surface area contributed by atoms with Gasteiger partial charge in [0.05, 0.1) is 9.40 Å². The van der Waals surface area contributed by atoms with E-state index in [-0.39, 0.29) is 10.0 Å². The Hall–Kier alpha value is -1.24. The van der Waals surface area contributed by atoms with E-state index in [2.05, 4.69) is 20.7 Å². The zero-order valence-electron chi connectivity index (χ0n) is 7.54. The van der Waals surface area contributed by atoms with Crippen LogP contribution in [-0.2, 0) is 0 Å². The molecule has 0 radical (unpaired) electrons. The second-order valence-electron chi connectivity index (χ2n) is 2.68. The average Bonchev–Trinajstić information content (AvgIpc) is 2.10. The highest BCUT2D eigenvalue weighted by Crippen LogP contribution is 2.38. The highest BCUT2D eigenvalue weighted by molar-refractivity contribution is 9.10. The maximum Gasteiger partial charge on any atom is 0.387 e. The molecule has 0 unspecified atom stereocenters. The second kappa shape index (κ2) is 4.52. The zero-order valence-corrected chi connectivity index (χ0v) is 9.12. The van der Waals surface area contributed by atoms with Gasteiger partial charge in [-0.05, 0) is 28.9 Å². The smallest absolute Gasteiger partial charge is 0.387 e. The number of nitro groups is 1. The van der Waals surface area contributed by atoms with E-state index in [4.69, 9.17) is 0 Å². The van der Waals surface area contributed by atoms with Crippen molar-refractivity contribution in [3.05, 3.63) is 32.3 Å². The van der Waals surface area contributed by atoms with E-state index in [1.807, 2.05) is 0 Å². The number of aryl methyl sites for hydroxylation is 1. The molecule has 0 saturated heterocycles. The fourth-order valence-corrected chi connectivity index (χ4v) is 1.49. The summed E-state index contributed by atoms with van der Waals surface area (Å²) < 4.78 is 28.2. The Bertz CT molecular complexity index is 398. The van der Waals surface area contributed by atoms with Crippen molar-refractivity contribution in [3.8, 4) is 5.75 Å². The lowest BCUT2D eigenvalue weighted by atomic mass is 10.2. The molecule has 0 aromatic heterocycles. The van der Waals surface area contributed by atoms with Crippen LogP contribution in [0.2, 0.25) is 0 Å². The van der Waals surface area contributed by atoms with Crippen molar-refractivity contribution in [3.63, 3.8) is 0 Å². The Balaban J connectivity index is 3.31. The summed E-state index contributed by atoms with van der Waals surface area (Å²) >= 11 is 2.92. The van der Waals surface area contributed by atoms with Gasteiger partial charge in [0.1, 0.15) is 0 Å². The van der Waals surface area contributed by atoms with Gasteiger partial charge in [0.25, 0.3) is 0 Å². The predicted octanol–water partition coefficient (Wildman–Crippen LogP) is 3.27. The first-order valence-electron chi connectivity index (χ1n) is 3.81. The number of nitro benzene ring substituents is 1. The second-order valence-corrected chi connectivity index (χ2v) is 3.53. The maximum absolute atomic E-state index is 12.0. The van der Waals surface area contributed by atoms with Crippen LogP contribution in [0, 0.1) is 17.0 Å². The Labute approximate surface area is 92.1 Å². The van der Waals surface area contributed by atoms with E-state index < -0.39 is 23.0 Å². The van der Waals surface area contributed by atoms with Crippen molar-refractivity contribution in [1.82, 2.24) is 0 Å². The third-order valence-electron chi connectivity index (χ3n) is 1.67. The molecule has 0 aliphatic heterocycles. The normalized spacial score (nSPS) is 10.5. The van der Waals surface area contributed by atoms with E-state index in [0.29, 0.717) is 0 Å². The van der Waals surface area contributed by atoms with Crippen molar-refractivity contribution in [1.29, 1.82) is 0 Å². The summed E-state index contributed by atoms with van der Waals surface area (Å²) in [4.78, 5) is 9.88. The molecule has 0 spiro atoms. The number of ether oxygens (including phenoxy) is 1. The summed E-state index contributed by atoms with van der Waals surface area (Å²) in [7, 11) is 0. The minimum absolute atomic E-state index is 0.125. The first-order valence-corrected chi connectivity index (χ1v) is 4.61. The molecule has 82 valence electrons. The van der Waals surface area contributed by atoms with Crippen LogP contribution in [0.1, 0.15) is 5.56 Å². The minimum Gasteiger partial charge on any atom is -0.426 e. The Morgan fingerprint density at radius 2 is 2.13 bits per heavy atom. The molecular formula is C8H6BrF2NO3. The van der Waals surface area contributed by atoms with Gasteiger partial charge in [-0.3, -0.25) is 10.1 Å². The lowest BCUT2D eigenvalue weighted by Crippen LogP contribution is -2.06. The van der Waals surface area contributed by atoms with E-state index in [9.17, 15) is 18.9 Å². The van der Waals surface area contributed by atoms with E-state index in [0.717, 1.165) is 0 Å². The number of halogens is 3. The van der Waals surface area contributed by atoms with Crippen LogP contribution < -0.4 is 4.74 Å². The average molecular weight is 282 g/mol. The van der Waals surface area contributed by atoms with Crippen LogP contribution in [0.3, 0.4) is 0 Å². The molecule has 7 heteroatoms. The fraction of sp³-hybridized carbons (Fsp3) is 0.250. The van der Waals surface area contributed by atoms with Gasteiger partial charge < -0.3 is 4.74 Å². The molecule has 4 nitrogen and oxygen atoms in total. The van der Waals surface area contributed by atoms with Gasteiger partial charge in [-0.15, -0.1) is 0 Å². The van der Waals surface area contributed by atoms with Gasteiger partial charge in [-0.2, -0.15) is 8.78 Å². The monoisotopic (exact) mass is 281 g/mol. The van der Waals surface area contributed by atoms with Gasteiger partial charge >= 0.3 is 12.3 Å². The lowest BCUT2D eigenvalue weighted by Gasteiger charge is -2.08. The van der Waals surface area contributed by atoms with Gasteiger partial charge in [0.2, 0.25) is 5.75 Å². The molecule has 0 bridgehead atoms. The summed E-state index contributed by atoms with van der Waals surface area (Å²) in [6.07, 6.45) is 0. The van der Waals surface area contributed by atoms with E-state index >= 15 is 0 Å². The quantitative estimate of drug-likeness (QED) is 0.631. The van der Waals surface area contributed by atoms with Crippen molar-refractivity contribution < 1.29 is 18.4 Å². The van der Waals surface area contributed by atoms with Crippen molar-refractivity contribution in [2.45, 2.75) is 13.5 Å². The standard InChI is InChI=1S/C8H6BrF2NO3/c1-4-2-3-5(9)7(15-8(10)11)6(4)12(13)14/h2-3,8H,1H3. The lowest BCUT2D eigenvalue weighted by molar-refractivity contribution is -0.387. The number of nitrogens with zero attached hydrogens (tertiary/aromatic N) is 1. The molecule has 15 heavy (non-hydrogen) atoms. The fourth-order valence-electron chi connectivity index (χ4n) is 1.07. The molecule has 0 atom stereocenters. The first-order chi connectivity index (χ1) is 6.93. The van der Waals surface area contributed by atoms with Crippen molar-refractivity contribution in [2.24, 2.45) is 0 Å². The molecule has 0 fully saturated rings. The minimum atomic E-state index is -3.10. The predicted molar refractivity (Wildman–Crippen MR) is 52.2 cm³/mol. The largest absolute Gasteiger partial charge is 0.426 e. The van der Waals surface area contributed by atoms with Crippen molar-refractivity contribution in [2.75, 3.05) is 0 Å². The zero-order chi connectivity index (χ0) is 11.6. The highest BCUT2D eigenvalue weighted by atomic mass is 79.9. The number of alkyl halides is 2. The Kier molecular flexibility index (Phi) is 3.57. The van der Waals surface area contributed by atoms with Crippen LogP contribution in [0.25, 0.3) is 0 Å². The summed E-state index contributed by atoms with van der Waals surface area (Å²) in [6, 6.07) is 2.86. The number of benzene rings is 1. The molecule has 1 aromatic rings. The molecule has 0 amide bonds. The van der Waals surface area contributed by atoms with Gasteiger partial charge in [0.15, 0.2) is 0 Å². The SMILES string of the molecule is Cc1ccc(Br)c(OC(F)F)c1[N+](=O)[O-]. The van der Waals surface area contributed by atoms with E-state index in [1.54, 1.807) is 0 Å². The molecule has 1 aromatic carbocycles. The van der Waals surface area contributed by atoms with Crippen LogP contribution in [0.5, 0.6) is 5.75 Å². The molecular weight excluding hydrogens is 276 g/mol. The molecule has 0 aliphatic carbocycles. The van der Waals surface area contributed by atoms with Gasteiger partial charge in [0, 0.05) is 5.56 Å². The van der Waals surface area contributed by atoms with Crippen molar-refractivity contribution >= 4 is 21.6 Å². The molecule has 0 heterocycles. The highest BCUT2D eigenvalue weighted by Gasteiger charge is 2.24. The summed E-state index contributed by atoms with van der Waals surface area (Å²) in [5, 5.41) is 10.6. The van der Waals surface area contributed by atoms with Crippen LogP contribution in [-0.4, -0.2) is 11.5 Å². The topological polar surface area (TPSA) is 52.4 Å². The van der Waals surface area contributed by atoms with Crippen LogP contribution >= 0.6 is 15.9 Å². The molecule has 1 rings (SSSR count). The molecule has 0 N–H and O–H groups in total. The van der Waals surface area contributed by atoms with Gasteiger partial charge in [-0.1, -0.05) is 6.07 Å². The Morgan fingerprint density at radius 3 is 2.60 bits per heavy atom. The molecule has 0 saturated carbocycles. The third-order valence-corrected chi connectivity index (χ3v) is 2.30. The maximum atomic E-state index is 12.0. The Morgan fingerprint density at radius 1 is 1.53 bits per heavy atom. The van der Waals surface area contributed by atoms with Crippen LogP contribution in [0.15, 0.2) is 16.6 Å². The van der Waals surface area contributed by atoms with E-state index in [1.165, 1.54) is 19.1 Å². The molecule has 0 aliphatic rings. The summed E-state index contributed by atoms with van der Waals surface area (Å²) in [6.45, 7) is -1.65.